The molecule has 2 aromatic heterocycles. The molecule has 0 aliphatic heterocycles. The highest BCUT2D eigenvalue weighted by atomic mass is 35.5. The topological polar surface area (TPSA) is 57.0 Å². The van der Waals surface area contributed by atoms with Gasteiger partial charge in [-0.25, -0.2) is 14.5 Å². The molecule has 3 rings (SSSR count). The summed E-state index contributed by atoms with van der Waals surface area (Å²) in [4.78, 5) is 15.8. The lowest BCUT2D eigenvalue weighted by molar-refractivity contribution is 0.0726. The van der Waals surface area contributed by atoms with Crippen molar-refractivity contribution in [3.63, 3.8) is 0 Å². The summed E-state index contributed by atoms with van der Waals surface area (Å²) >= 11 is 5.85. The molecule has 5 nitrogen and oxygen atoms in total. The Bertz CT molecular complexity index is 771. The average Bonchev–Trinajstić information content (AvgIpc) is 2.97. The first-order valence-electron chi connectivity index (χ1n) is 6.18. The zero-order chi connectivity index (χ0) is 14.7. The van der Waals surface area contributed by atoms with Gasteiger partial charge in [0.05, 0.1) is 11.3 Å². The van der Waals surface area contributed by atoms with Gasteiger partial charge in [-0.15, -0.1) is 5.10 Å². The number of nitrogens with zero attached hydrogens (tertiary/aromatic N) is 3. The van der Waals surface area contributed by atoms with Gasteiger partial charge in [0, 0.05) is 18.5 Å². The minimum atomic E-state index is -0.591. The van der Waals surface area contributed by atoms with Crippen molar-refractivity contribution in [2.75, 3.05) is 0 Å². The highest BCUT2D eigenvalue weighted by Crippen LogP contribution is 2.16. The molecule has 0 unspecified atom stereocenters. The Balaban J connectivity index is 1.79. The van der Waals surface area contributed by atoms with Gasteiger partial charge in [0.2, 0.25) is 5.88 Å². The van der Waals surface area contributed by atoms with Gasteiger partial charge in [-0.05, 0) is 24.3 Å². The molecule has 0 spiro atoms. The van der Waals surface area contributed by atoms with Crippen molar-refractivity contribution in [1.29, 1.82) is 0 Å². The van der Waals surface area contributed by atoms with Crippen molar-refractivity contribution in [2.45, 2.75) is 0 Å². The predicted molar refractivity (Wildman–Crippen MR) is 77.8 cm³/mol. The first-order valence-corrected chi connectivity index (χ1v) is 6.55. The number of carbonyl (C=O) groups is 1. The molecule has 0 bridgehead atoms. The number of carbonyl (C=O) groups excluding carboxylic acids is 1. The molecular formula is C15H10ClN3O2. The van der Waals surface area contributed by atoms with E-state index < -0.39 is 5.97 Å². The third-order valence-electron chi connectivity index (χ3n) is 2.76. The standard InChI is InChI=1S/C15H10ClN3O2/c16-14-12(7-4-9-17-14)15(20)21-13-8-10-19(18-13)11-5-2-1-3-6-11/h1-10H. The second kappa shape index (κ2) is 5.76. The summed E-state index contributed by atoms with van der Waals surface area (Å²) in [5, 5.41) is 4.29. The Hall–Kier alpha value is -2.66. The van der Waals surface area contributed by atoms with Gasteiger partial charge in [-0.3, -0.25) is 0 Å². The van der Waals surface area contributed by atoms with Gasteiger partial charge in [0.15, 0.2) is 0 Å². The molecule has 1 aromatic carbocycles. The van der Waals surface area contributed by atoms with E-state index in [1.54, 1.807) is 29.1 Å². The van der Waals surface area contributed by atoms with Crippen LogP contribution < -0.4 is 4.74 Å². The van der Waals surface area contributed by atoms with Crippen molar-refractivity contribution in [2.24, 2.45) is 0 Å². The molecule has 0 fully saturated rings. The number of aromatic nitrogens is 3. The molecule has 0 N–H and O–H groups in total. The van der Waals surface area contributed by atoms with Gasteiger partial charge in [0.1, 0.15) is 5.15 Å². The Labute approximate surface area is 125 Å². The van der Waals surface area contributed by atoms with E-state index in [1.165, 1.54) is 6.20 Å². The minimum absolute atomic E-state index is 0.102. The lowest BCUT2D eigenvalue weighted by Crippen LogP contribution is -2.10. The van der Waals surface area contributed by atoms with E-state index in [9.17, 15) is 4.79 Å². The monoisotopic (exact) mass is 299 g/mol. The number of hydrogen-bond acceptors (Lipinski definition) is 4. The fraction of sp³-hybridized carbons (Fsp3) is 0. The quantitative estimate of drug-likeness (QED) is 0.551. The first kappa shape index (κ1) is 13.3. The lowest BCUT2D eigenvalue weighted by Gasteiger charge is -2.02. The van der Waals surface area contributed by atoms with E-state index in [2.05, 4.69) is 10.1 Å². The zero-order valence-corrected chi connectivity index (χ0v) is 11.6. The molecule has 0 amide bonds. The minimum Gasteiger partial charge on any atom is -0.402 e. The van der Waals surface area contributed by atoms with Crippen LogP contribution in [0.4, 0.5) is 0 Å². The summed E-state index contributed by atoms with van der Waals surface area (Å²) < 4.78 is 6.81. The van der Waals surface area contributed by atoms with Crippen LogP contribution in [0.3, 0.4) is 0 Å². The van der Waals surface area contributed by atoms with E-state index in [4.69, 9.17) is 16.3 Å². The maximum Gasteiger partial charge on any atom is 0.348 e. The molecule has 104 valence electrons. The van der Waals surface area contributed by atoms with E-state index in [1.807, 2.05) is 30.3 Å². The summed E-state index contributed by atoms with van der Waals surface area (Å²) in [6.07, 6.45) is 3.21. The van der Waals surface area contributed by atoms with Gasteiger partial charge in [-0.1, -0.05) is 29.8 Å². The Morgan fingerprint density at radius 1 is 1.10 bits per heavy atom. The molecule has 6 heteroatoms. The number of pyridine rings is 1. The maximum atomic E-state index is 12.0. The van der Waals surface area contributed by atoms with Crippen LogP contribution in [0.25, 0.3) is 5.69 Å². The van der Waals surface area contributed by atoms with Gasteiger partial charge in [0.25, 0.3) is 0 Å². The van der Waals surface area contributed by atoms with Crippen LogP contribution >= 0.6 is 11.6 Å². The lowest BCUT2D eigenvalue weighted by atomic mass is 10.3. The van der Waals surface area contributed by atoms with Crippen LogP contribution in [0, 0.1) is 0 Å². The molecule has 0 radical (unpaired) electrons. The smallest absolute Gasteiger partial charge is 0.348 e. The molecule has 0 saturated carbocycles. The molecule has 0 atom stereocenters. The fourth-order valence-corrected chi connectivity index (χ4v) is 1.97. The molecular weight excluding hydrogens is 290 g/mol. The van der Waals surface area contributed by atoms with Crippen LogP contribution in [0.5, 0.6) is 5.88 Å². The van der Waals surface area contributed by atoms with Crippen LogP contribution in [-0.2, 0) is 0 Å². The van der Waals surface area contributed by atoms with Crippen molar-refractivity contribution in [3.8, 4) is 11.6 Å². The maximum absolute atomic E-state index is 12.0. The first-order chi connectivity index (χ1) is 10.2. The summed E-state index contributed by atoms with van der Waals surface area (Å²) in [5.41, 5.74) is 1.08. The van der Waals surface area contributed by atoms with Crippen molar-refractivity contribution in [1.82, 2.24) is 14.8 Å². The number of halogens is 1. The molecule has 0 aliphatic rings. The van der Waals surface area contributed by atoms with Gasteiger partial charge in [-0.2, -0.15) is 0 Å². The average molecular weight is 300 g/mol. The van der Waals surface area contributed by atoms with Crippen molar-refractivity contribution in [3.05, 3.63) is 71.6 Å². The largest absolute Gasteiger partial charge is 0.402 e. The summed E-state index contributed by atoms with van der Waals surface area (Å²) in [6, 6.07) is 14.3. The summed E-state index contributed by atoms with van der Waals surface area (Å²) in [5.74, 6) is -0.393. The normalized spacial score (nSPS) is 10.3. The van der Waals surface area contributed by atoms with Crippen LogP contribution in [-0.4, -0.2) is 20.7 Å². The zero-order valence-electron chi connectivity index (χ0n) is 10.8. The third kappa shape index (κ3) is 2.93. The molecule has 2 heterocycles. The summed E-state index contributed by atoms with van der Waals surface area (Å²) in [6.45, 7) is 0. The number of esters is 1. The number of hydrogen-bond donors (Lipinski definition) is 0. The SMILES string of the molecule is O=C(Oc1ccn(-c2ccccc2)n1)c1cccnc1Cl. The van der Waals surface area contributed by atoms with Gasteiger partial charge < -0.3 is 4.74 Å². The Morgan fingerprint density at radius 2 is 1.90 bits per heavy atom. The van der Waals surface area contributed by atoms with E-state index >= 15 is 0 Å². The Kier molecular flexibility index (Phi) is 3.66. The highest BCUT2D eigenvalue weighted by Gasteiger charge is 2.14. The summed E-state index contributed by atoms with van der Waals surface area (Å²) in [7, 11) is 0. The number of benzene rings is 1. The molecule has 0 saturated heterocycles. The number of ether oxygens (including phenoxy) is 1. The van der Waals surface area contributed by atoms with Crippen LogP contribution in [0.15, 0.2) is 60.9 Å². The van der Waals surface area contributed by atoms with Crippen LogP contribution in [0.2, 0.25) is 5.15 Å². The molecule has 21 heavy (non-hydrogen) atoms. The van der Waals surface area contributed by atoms with Crippen molar-refractivity contribution < 1.29 is 9.53 Å². The fourth-order valence-electron chi connectivity index (χ4n) is 1.77. The van der Waals surface area contributed by atoms with E-state index in [0.29, 0.717) is 0 Å². The Morgan fingerprint density at radius 3 is 2.67 bits per heavy atom. The molecule has 0 aliphatic carbocycles. The third-order valence-corrected chi connectivity index (χ3v) is 3.06. The van der Waals surface area contributed by atoms with Crippen LogP contribution in [0.1, 0.15) is 10.4 Å². The van der Waals surface area contributed by atoms with E-state index in [-0.39, 0.29) is 16.6 Å². The second-order valence-electron chi connectivity index (χ2n) is 4.17. The predicted octanol–water partition coefficient (Wildman–Crippen LogP) is 3.14. The molecule has 3 aromatic rings. The van der Waals surface area contributed by atoms with Crippen molar-refractivity contribution >= 4 is 17.6 Å². The van der Waals surface area contributed by atoms with E-state index in [0.717, 1.165) is 5.69 Å². The highest BCUT2D eigenvalue weighted by molar-refractivity contribution is 6.32. The number of para-hydroxylation sites is 1. The van der Waals surface area contributed by atoms with Gasteiger partial charge >= 0.3 is 5.97 Å². The second-order valence-corrected chi connectivity index (χ2v) is 4.52. The number of rotatable bonds is 3.